The van der Waals surface area contributed by atoms with E-state index >= 15 is 0 Å². The minimum Gasteiger partial charge on any atom is -0.388 e. The number of halogens is 1. The molecule has 0 radical (unpaired) electrons. The van der Waals surface area contributed by atoms with Crippen molar-refractivity contribution in [3.05, 3.63) is 35.9 Å². The van der Waals surface area contributed by atoms with E-state index in [1.54, 1.807) is 0 Å². The minimum absolute atomic E-state index is 0. The summed E-state index contributed by atoms with van der Waals surface area (Å²) in [4.78, 5) is 2.38. The van der Waals surface area contributed by atoms with Gasteiger partial charge in [0.2, 0.25) is 0 Å². The smallest absolute Gasteiger partial charge is 0.0830 e. The van der Waals surface area contributed by atoms with Crippen LogP contribution in [-0.2, 0) is 0 Å². The lowest BCUT2D eigenvalue weighted by atomic mass is 9.93. The fraction of sp³-hybridized carbons (Fsp3) is 0.600. The quantitative estimate of drug-likeness (QED) is 0.820. The third kappa shape index (κ3) is 4.97. The number of hydrogen-bond acceptors (Lipinski definition) is 2. The highest BCUT2D eigenvalue weighted by molar-refractivity contribution is 5.85. The average molecular weight is 272 g/mol. The van der Waals surface area contributed by atoms with Gasteiger partial charge in [-0.1, -0.05) is 51.1 Å². The van der Waals surface area contributed by atoms with Gasteiger partial charge >= 0.3 is 0 Å². The van der Waals surface area contributed by atoms with Crippen molar-refractivity contribution in [1.82, 2.24) is 4.90 Å². The van der Waals surface area contributed by atoms with E-state index in [0.717, 1.165) is 31.6 Å². The molecule has 3 heteroatoms. The highest BCUT2D eigenvalue weighted by Crippen LogP contribution is 2.25. The van der Waals surface area contributed by atoms with Gasteiger partial charge in [0.15, 0.2) is 0 Å². The van der Waals surface area contributed by atoms with Crippen molar-refractivity contribution in [3.63, 3.8) is 0 Å². The highest BCUT2D eigenvalue weighted by atomic mass is 35.5. The van der Waals surface area contributed by atoms with E-state index in [2.05, 4.69) is 25.7 Å². The maximum absolute atomic E-state index is 10.4. The normalized spacial score (nSPS) is 14.1. The Hall–Kier alpha value is -0.570. The van der Waals surface area contributed by atoms with Gasteiger partial charge in [-0.3, -0.25) is 0 Å². The molecule has 0 amide bonds. The van der Waals surface area contributed by atoms with Crippen LogP contribution in [0.1, 0.15) is 38.9 Å². The molecule has 2 atom stereocenters. The van der Waals surface area contributed by atoms with Crippen molar-refractivity contribution in [2.24, 2.45) is 5.92 Å². The molecule has 1 aromatic carbocycles. The van der Waals surface area contributed by atoms with Gasteiger partial charge in [-0.25, -0.2) is 0 Å². The molecule has 2 unspecified atom stereocenters. The topological polar surface area (TPSA) is 23.5 Å². The highest BCUT2D eigenvalue weighted by Gasteiger charge is 2.20. The van der Waals surface area contributed by atoms with Gasteiger partial charge in [0, 0.05) is 12.5 Å². The number of aliphatic hydroxyl groups is 1. The van der Waals surface area contributed by atoms with Crippen LogP contribution in [0.5, 0.6) is 0 Å². The molecule has 0 fully saturated rings. The lowest BCUT2D eigenvalue weighted by molar-refractivity contribution is 0.0790. The van der Waals surface area contributed by atoms with Gasteiger partial charge in [0.25, 0.3) is 0 Å². The zero-order valence-electron chi connectivity index (χ0n) is 11.7. The summed E-state index contributed by atoms with van der Waals surface area (Å²) in [6.45, 7) is 9.57. The second-order valence-electron chi connectivity index (χ2n) is 4.51. The Morgan fingerprint density at radius 3 is 2.06 bits per heavy atom. The van der Waals surface area contributed by atoms with Crippen LogP contribution in [0.4, 0.5) is 0 Å². The molecule has 1 rings (SSSR count). The van der Waals surface area contributed by atoms with Crippen molar-refractivity contribution in [2.75, 3.05) is 19.6 Å². The van der Waals surface area contributed by atoms with Gasteiger partial charge < -0.3 is 10.0 Å². The Kier molecular flexibility index (Phi) is 9.08. The van der Waals surface area contributed by atoms with Gasteiger partial charge in [-0.2, -0.15) is 0 Å². The number of aliphatic hydroxyl groups excluding tert-OH is 1. The summed E-state index contributed by atoms with van der Waals surface area (Å²) in [5.41, 5.74) is 1.03. The van der Waals surface area contributed by atoms with E-state index in [9.17, 15) is 5.11 Å². The van der Waals surface area contributed by atoms with Crippen LogP contribution in [0.15, 0.2) is 30.3 Å². The molecule has 0 heterocycles. The maximum Gasteiger partial charge on any atom is 0.0830 e. The Labute approximate surface area is 117 Å². The fourth-order valence-corrected chi connectivity index (χ4v) is 2.19. The predicted octanol–water partition coefficient (Wildman–Crippen LogP) is 3.51. The van der Waals surface area contributed by atoms with Crippen LogP contribution in [0.25, 0.3) is 0 Å². The van der Waals surface area contributed by atoms with Crippen LogP contribution >= 0.6 is 12.4 Å². The molecule has 0 spiro atoms. The first-order chi connectivity index (χ1) is 8.22. The summed E-state index contributed by atoms with van der Waals surface area (Å²) in [6.07, 6.45) is 0.661. The summed E-state index contributed by atoms with van der Waals surface area (Å²) in [7, 11) is 0. The Morgan fingerprint density at radius 2 is 1.61 bits per heavy atom. The third-order valence-corrected chi connectivity index (χ3v) is 3.50. The summed E-state index contributed by atoms with van der Waals surface area (Å²) in [5.74, 6) is 0.317. The summed E-state index contributed by atoms with van der Waals surface area (Å²) >= 11 is 0. The van der Waals surface area contributed by atoms with Gasteiger partial charge in [-0.15, -0.1) is 12.4 Å². The lowest BCUT2D eigenvalue weighted by Gasteiger charge is -2.28. The van der Waals surface area contributed by atoms with Crippen LogP contribution in [-0.4, -0.2) is 29.6 Å². The van der Waals surface area contributed by atoms with Gasteiger partial charge in [0.05, 0.1) is 6.10 Å². The monoisotopic (exact) mass is 271 g/mol. The molecular weight excluding hydrogens is 246 g/mol. The molecule has 1 N–H and O–H groups in total. The first-order valence-corrected chi connectivity index (χ1v) is 6.68. The van der Waals surface area contributed by atoms with E-state index in [4.69, 9.17) is 0 Å². The molecule has 2 nitrogen and oxygen atoms in total. The molecule has 104 valence electrons. The maximum atomic E-state index is 10.4. The summed E-state index contributed by atoms with van der Waals surface area (Å²) < 4.78 is 0. The van der Waals surface area contributed by atoms with Crippen molar-refractivity contribution >= 4 is 12.4 Å². The molecule has 0 aliphatic rings. The molecule has 0 aliphatic heterocycles. The zero-order chi connectivity index (χ0) is 12.7. The second-order valence-corrected chi connectivity index (χ2v) is 4.51. The van der Waals surface area contributed by atoms with Crippen LogP contribution < -0.4 is 0 Å². The summed E-state index contributed by atoms with van der Waals surface area (Å²) in [5, 5.41) is 10.4. The molecule has 18 heavy (non-hydrogen) atoms. The largest absolute Gasteiger partial charge is 0.388 e. The van der Waals surface area contributed by atoms with Gasteiger partial charge in [0.1, 0.15) is 0 Å². The average Bonchev–Trinajstić information content (AvgIpc) is 2.40. The van der Waals surface area contributed by atoms with E-state index < -0.39 is 0 Å². The zero-order valence-corrected chi connectivity index (χ0v) is 12.5. The van der Waals surface area contributed by atoms with Crippen molar-refractivity contribution in [1.29, 1.82) is 0 Å². The molecule has 0 saturated carbocycles. The number of benzene rings is 1. The number of nitrogens with zero attached hydrogens (tertiary/aromatic N) is 1. The predicted molar refractivity (Wildman–Crippen MR) is 80.2 cm³/mol. The van der Waals surface area contributed by atoms with Crippen LogP contribution in [0.2, 0.25) is 0 Å². The third-order valence-electron chi connectivity index (χ3n) is 3.50. The first-order valence-electron chi connectivity index (χ1n) is 6.68. The van der Waals surface area contributed by atoms with Gasteiger partial charge in [-0.05, 0) is 25.1 Å². The Balaban J connectivity index is 0.00000289. The molecule has 0 aliphatic carbocycles. The standard InChI is InChI=1S/C15H25NO.ClH/c1-4-13(12-16(5-2)6-3)15(17)14-10-8-7-9-11-14;/h7-11,13,15,17H,4-6,12H2,1-3H3;1H. The molecule has 0 bridgehead atoms. The van der Waals surface area contributed by atoms with E-state index in [-0.39, 0.29) is 18.5 Å². The van der Waals surface area contributed by atoms with Crippen molar-refractivity contribution in [3.8, 4) is 0 Å². The van der Waals surface area contributed by atoms with E-state index in [1.807, 2.05) is 30.3 Å². The van der Waals surface area contributed by atoms with Crippen LogP contribution in [0, 0.1) is 5.92 Å². The lowest BCUT2D eigenvalue weighted by Crippen LogP contribution is -2.31. The first kappa shape index (κ1) is 17.4. The molecular formula is C15H26ClNO. The van der Waals surface area contributed by atoms with Crippen molar-refractivity contribution in [2.45, 2.75) is 33.3 Å². The molecule has 0 aromatic heterocycles. The molecule has 0 saturated heterocycles. The van der Waals surface area contributed by atoms with E-state index in [0.29, 0.717) is 5.92 Å². The Morgan fingerprint density at radius 1 is 1.06 bits per heavy atom. The Bertz CT molecular complexity index is 301. The van der Waals surface area contributed by atoms with Crippen molar-refractivity contribution < 1.29 is 5.11 Å². The van der Waals surface area contributed by atoms with Crippen LogP contribution in [0.3, 0.4) is 0 Å². The molecule has 1 aromatic rings. The van der Waals surface area contributed by atoms with E-state index in [1.165, 1.54) is 0 Å². The second kappa shape index (κ2) is 9.37. The fourth-order valence-electron chi connectivity index (χ4n) is 2.19. The SMILES string of the molecule is CCC(CN(CC)CC)C(O)c1ccccc1.Cl. The summed E-state index contributed by atoms with van der Waals surface area (Å²) in [6, 6.07) is 9.98. The number of hydrogen-bond donors (Lipinski definition) is 1. The number of rotatable bonds is 7. The minimum atomic E-state index is -0.346.